The van der Waals surface area contributed by atoms with Crippen LogP contribution in [0.2, 0.25) is 0 Å². The Morgan fingerprint density at radius 1 is 1.13 bits per heavy atom. The van der Waals surface area contributed by atoms with Crippen molar-refractivity contribution in [3.63, 3.8) is 0 Å². The van der Waals surface area contributed by atoms with E-state index in [1.807, 2.05) is 38.1 Å². The van der Waals surface area contributed by atoms with Gasteiger partial charge in [-0.1, -0.05) is 42.8 Å². The van der Waals surface area contributed by atoms with Crippen molar-refractivity contribution in [1.82, 2.24) is 15.3 Å². The van der Waals surface area contributed by atoms with Crippen LogP contribution in [0.3, 0.4) is 0 Å². The Kier molecular flexibility index (Phi) is 8.30. The lowest BCUT2D eigenvalue weighted by atomic mass is 9.89. The van der Waals surface area contributed by atoms with Crippen molar-refractivity contribution in [3.05, 3.63) is 89.2 Å². The van der Waals surface area contributed by atoms with Gasteiger partial charge in [0.25, 0.3) is 5.91 Å². The molecule has 2 atom stereocenters. The van der Waals surface area contributed by atoms with E-state index < -0.39 is 18.7 Å². The number of halogens is 2. The number of aromatic nitrogens is 1. The first-order valence-corrected chi connectivity index (χ1v) is 12.1. The molecule has 2 amide bonds. The molecule has 2 heterocycles. The van der Waals surface area contributed by atoms with Gasteiger partial charge >= 0.3 is 6.61 Å². The minimum Gasteiger partial charge on any atom is -0.493 e. The van der Waals surface area contributed by atoms with Gasteiger partial charge in [0.05, 0.1) is 12.8 Å². The summed E-state index contributed by atoms with van der Waals surface area (Å²) in [4.78, 5) is 30.5. The predicted molar refractivity (Wildman–Crippen MR) is 137 cm³/mol. The van der Waals surface area contributed by atoms with Gasteiger partial charge in [0, 0.05) is 24.1 Å². The summed E-state index contributed by atoms with van der Waals surface area (Å²) in [7, 11) is 1.36. The molecule has 3 aromatic rings. The predicted octanol–water partition coefficient (Wildman–Crippen LogP) is 5.09. The molecule has 0 spiro atoms. The van der Waals surface area contributed by atoms with Crippen LogP contribution in [0, 0.1) is 12.8 Å². The number of aryl methyl sites for hydroxylation is 1. The lowest BCUT2D eigenvalue weighted by Crippen LogP contribution is -2.46. The number of methoxy groups -OCH3 is 1. The van der Waals surface area contributed by atoms with Crippen LogP contribution in [-0.2, 0) is 4.79 Å². The molecule has 198 valence electrons. The van der Waals surface area contributed by atoms with E-state index in [4.69, 9.17) is 4.74 Å². The van der Waals surface area contributed by atoms with Gasteiger partial charge in [-0.15, -0.1) is 0 Å². The summed E-state index contributed by atoms with van der Waals surface area (Å²) >= 11 is 0. The molecule has 0 aliphatic carbocycles. The van der Waals surface area contributed by atoms with Crippen molar-refractivity contribution in [2.45, 2.75) is 39.5 Å². The van der Waals surface area contributed by atoms with Crippen molar-refractivity contribution in [2.24, 2.45) is 11.0 Å². The van der Waals surface area contributed by atoms with Crippen molar-refractivity contribution < 1.29 is 27.8 Å². The average Bonchev–Trinajstić information content (AvgIpc) is 2.92. The SMILES string of the molecule is CCC1CC(=O)N(C(NC(=O)c2ccccn2)c2ccc(C)cc2)N=C1c1ccc(OC)c(OC(F)F)c1. The largest absolute Gasteiger partial charge is 0.493 e. The van der Waals surface area contributed by atoms with E-state index >= 15 is 0 Å². The summed E-state index contributed by atoms with van der Waals surface area (Å²) in [5, 5.41) is 8.81. The molecule has 2 unspecified atom stereocenters. The number of alkyl halides is 2. The van der Waals surface area contributed by atoms with E-state index in [-0.39, 0.29) is 35.4 Å². The maximum absolute atomic E-state index is 13.4. The van der Waals surface area contributed by atoms with E-state index in [0.717, 1.165) is 5.56 Å². The zero-order valence-electron chi connectivity index (χ0n) is 21.2. The van der Waals surface area contributed by atoms with Crippen LogP contribution < -0.4 is 14.8 Å². The molecular formula is C28H28F2N4O4. The number of carbonyl (C=O) groups is 2. The number of nitrogens with one attached hydrogen (secondary N) is 1. The second-order valence-corrected chi connectivity index (χ2v) is 8.78. The van der Waals surface area contributed by atoms with Crippen molar-refractivity contribution in [1.29, 1.82) is 0 Å². The standard InChI is InChI=1S/C28H28F2N4O4/c1-4-18-16-24(35)34(33-25(18)20-12-13-22(37-3)23(15-20)38-28(29)30)26(19-10-8-17(2)9-11-19)32-27(36)21-7-5-6-14-31-21/h5-15,18,26,28H,4,16H2,1-3H3,(H,32,36). The number of hydrazone groups is 1. The maximum Gasteiger partial charge on any atom is 0.387 e. The first-order valence-electron chi connectivity index (χ1n) is 12.1. The highest BCUT2D eigenvalue weighted by atomic mass is 19.3. The third-order valence-electron chi connectivity index (χ3n) is 6.25. The Balaban J connectivity index is 1.78. The van der Waals surface area contributed by atoms with Gasteiger partial charge in [0.2, 0.25) is 5.91 Å². The van der Waals surface area contributed by atoms with Crippen LogP contribution in [0.1, 0.15) is 53.1 Å². The van der Waals surface area contributed by atoms with Crippen LogP contribution in [0.25, 0.3) is 0 Å². The molecule has 1 aromatic heterocycles. The number of amides is 2. The highest BCUT2D eigenvalue weighted by Gasteiger charge is 2.35. The zero-order valence-corrected chi connectivity index (χ0v) is 21.2. The van der Waals surface area contributed by atoms with Crippen LogP contribution >= 0.6 is 0 Å². The molecule has 0 fully saturated rings. The quantitative estimate of drug-likeness (QED) is 0.423. The molecule has 2 aromatic carbocycles. The van der Waals surface area contributed by atoms with Gasteiger partial charge in [-0.25, -0.2) is 5.01 Å². The molecule has 8 nitrogen and oxygen atoms in total. The summed E-state index contributed by atoms with van der Waals surface area (Å²) in [6.07, 6.45) is 1.28. The highest BCUT2D eigenvalue weighted by Crippen LogP contribution is 2.34. The fraction of sp³-hybridized carbons (Fsp3) is 0.286. The Bertz CT molecular complexity index is 1320. The van der Waals surface area contributed by atoms with Gasteiger partial charge in [-0.3, -0.25) is 14.6 Å². The highest BCUT2D eigenvalue weighted by molar-refractivity contribution is 6.06. The monoisotopic (exact) mass is 522 g/mol. The van der Waals surface area contributed by atoms with Crippen LogP contribution in [0.15, 0.2) is 72.0 Å². The summed E-state index contributed by atoms with van der Waals surface area (Å²) in [5.74, 6) is -1.02. The number of pyridine rings is 1. The maximum atomic E-state index is 13.4. The third-order valence-corrected chi connectivity index (χ3v) is 6.25. The molecule has 38 heavy (non-hydrogen) atoms. The Hall–Kier alpha value is -4.34. The average molecular weight is 523 g/mol. The fourth-order valence-electron chi connectivity index (χ4n) is 4.24. The van der Waals surface area contributed by atoms with E-state index in [0.29, 0.717) is 23.3 Å². The van der Waals surface area contributed by atoms with Gasteiger partial charge in [0.15, 0.2) is 17.7 Å². The number of carbonyl (C=O) groups excluding carboxylic acids is 2. The molecule has 1 aliphatic heterocycles. The molecule has 4 rings (SSSR count). The number of hydrogen-bond acceptors (Lipinski definition) is 6. The van der Waals surface area contributed by atoms with Gasteiger partial charge < -0.3 is 14.8 Å². The molecule has 1 aliphatic rings. The smallest absolute Gasteiger partial charge is 0.387 e. The summed E-state index contributed by atoms with van der Waals surface area (Å²) < 4.78 is 35.9. The minimum atomic E-state index is -3.04. The molecule has 0 bridgehead atoms. The van der Waals surface area contributed by atoms with Gasteiger partial charge in [0.1, 0.15) is 5.69 Å². The number of nitrogens with zero attached hydrogens (tertiary/aromatic N) is 3. The molecule has 10 heteroatoms. The first-order chi connectivity index (χ1) is 18.3. The van der Waals surface area contributed by atoms with E-state index in [1.54, 1.807) is 24.3 Å². The number of ether oxygens (including phenoxy) is 2. The van der Waals surface area contributed by atoms with Crippen molar-refractivity contribution in [3.8, 4) is 11.5 Å². The Labute approximate surface area is 219 Å². The fourth-order valence-corrected chi connectivity index (χ4v) is 4.24. The molecule has 0 saturated carbocycles. The molecule has 0 radical (unpaired) electrons. The molecule has 0 saturated heterocycles. The number of hydrogen-bond donors (Lipinski definition) is 1. The number of benzene rings is 2. The summed E-state index contributed by atoms with van der Waals surface area (Å²) in [6, 6.07) is 17.0. The second-order valence-electron chi connectivity index (χ2n) is 8.78. The lowest BCUT2D eigenvalue weighted by Gasteiger charge is -2.35. The molecule has 1 N–H and O–H groups in total. The van der Waals surface area contributed by atoms with Crippen molar-refractivity contribution in [2.75, 3.05) is 7.11 Å². The zero-order chi connectivity index (χ0) is 27.2. The number of rotatable bonds is 9. The first kappa shape index (κ1) is 26.7. The van der Waals surface area contributed by atoms with E-state index in [9.17, 15) is 18.4 Å². The second kappa shape index (κ2) is 11.8. The van der Waals surface area contributed by atoms with Crippen LogP contribution in [-0.4, -0.2) is 41.2 Å². The van der Waals surface area contributed by atoms with Gasteiger partial charge in [-0.2, -0.15) is 13.9 Å². The normalized spacial score (nSPS) is 16.2. The topological polar surface area (TPSA) is 93.1 Å². The lowest BCUT2D eigenvalue weighted by molar-refractivity contribution is -0.135. The summed E-state index contributed by atoms with van der Waals surface area (Å²) in [5.41, 5.74) is 2.85. The van der Waals surface area contributed by atoms with Crippen LogP contribution in [0.4, 0.5) is 8.78 Å². The van der Waals surface area contributed by atoms with Crippen molar-refractivity contribution >= 4 is 17.5 Å². The molecular weight excluding hydrogens is 494 g/mol. The van der Waals surface area contributed by atoms with Crippen LogP contribution in [0.5, 0.6) is 11.5 Å². The van der Waals surface area contributed by atoms with E-state index in [2.05, 4.69) is 20.1 Å². The van der Waals surface area contributed by atoms with Gasteiger partial charge in [-0.05, 0) is 49.2 Å². The third kappa shape index (κ3) is 5.96. The Morgan fingerprint density at radius 2 is 1.89 bits per heavy atom. The van der Waals surface area contributed by atoms with E-state index in [1.165, 1.54) is 30.4 Å². The minimum absolute atomic E-state index is 0.119. The Morgan fingerprint density at radius 3 is 2.53 bits per heavy atom. The summed E-state index contributed by atoms with van der Waals surface area (Å²) in [6.45, 7) is 0.811.